The van der Waals surface area contributed by atoms with Crippen molar-refractivity contribution in [3.05, 3.63) is 52.0 Å². The summed E-state index contributed by atoms with van der Waals surface area (Å²) in [6.07, 6.45) is 1.02. The predicted molar refractivity (Wildman–Crippen MR) is 108 cm³/mol. The average Bonchev–Trinajstić information content (AvgIpc) is 3.05. The normalized spacial score (nSPS) is 13.9. The Morgan fingerprint density at radius 3 is 2.43 bits per heavy atom. The fourth-order valence-corrected chi connectivity index (χ4v) is 4.54. The number of benzene rings is 2. The van der Waals surface area contributed by atoms with Crippen LogP contribution in [0.3, 0.4) is 0 Å². The van der Waals surface area contributed by atoms with Crippen molar-refractivity contribution in [3.8, 4) is 11.5 Å². The number of nitrogens with zero attached hydrogens (tertiary/aromatic N) is 1. The summed E-state index contributed by atoms with van der Waals surface area (Å²) in [5.74, 6) is 0.773. The molecule has 1 atom stereocenters. The molecule has 150 valence electrons. The predicted octanol–water partition coefficient (Wildman–Crippen LogP) is 3.19. The van der Waals surface area contributed by atoms with Crippen LogP contribution in [0, 0.1) is 0 Å². The molecule has 0 saturated heterocycles. The monoisotopic (exact) mass is 444 g/mol. The van der Waals surface area contributed by atoms with E-state index in [-0.39, 0.29) is 29.1 Å². The number of anilines is 1. The lowest BCUT2D eigenvalue weighted by Crippen LogP contribution is -2.47. The summed E-state index contributed by atoms with van der Waals surface area (Å²) < 4.78 is 36.2. The molecule has 3 rings (SSSR count). The zero-order valence-corrected chi connectivity index (χ0v) is 17.4. The van der Waals surface area contributed by atoms with Crippen molar-refractivity contribution in [1.29, 1.82) is 0 Å². The van der Waals surface area contributed by atoms with Gasteiger partial charge in [0, 0.05) is 16.6 Å². The molecule has 0 bridgehead atoms. The van der Waals surface area contributed by atoms with Gasteiger partial charge in [-0.2, -0.15) is 0 Å². The quantitative estimate of drug-likeness (QED) is 0.739. The molecule has 28 heavy (non-hydrogen) atoms. The minimum Gasteiger partial charge on any atom is -0.454 e. The SMILES string of the molecule is CC(C(=O)NCc1ccc2c(c1)OCO2)N(c1cc(Cl)cc(Cl)c1)S(C)(=O)=O. The highest BCUT2D eigenvalue weighted by Gasteiger charge is 2.29. The van der Waals surface area contributed by atoms with Crippen LogP contribution < -0.4 is 19.1 Å². The summed E-state index contributed by atoms with van der Waals surface area (Å²) >= 11 is 12.0. The smallest absolute Gasteiger partial charge is 0.243 e. The molecule has 1 unspecified atom stereocenters. The highest BCUT2D eigenvalue weighted by Crippen LogP contribution is 2.32. The van der Waals surface area contributed by atoms with Gasteiger partial charge in [0.05, 0.1) is 11.9 Å². The number of nitrogens with one attached hydrogen (secondary N) is 1. The number of ether oxygens (including phenoxy) is 2. The molecular formula is C18H18Cl2N2O5S. The molecule has 0 radical (unpaired) electrons. The van der Waals surface area contributed by atoms with Gasteiger partial charge >= 0.3 is 0 Å². The fraction of sp³-hybridized carbons (Fsp3) is 0.278. The summed E-state index contributed by atoms with van der Waals surface area (Å²) in [5, 5.41) is 3.27. The van der Waals surface area contributed by atoms with Crippen molar-refractivity contribution in [1.82, 2.24) is 5.32 Å². The van der Waals surface area contributed by atoms with Crippen LogP contribution in [0.1, 0.15) is 12.5 Å². The molecule has 7 nitrogen and oxygen atoms in total. The maximum atomic E-state index is 12.6. The van der Waals surface area contributed by atoms with E-state index in [1.807, 2.05) is 0 Å². The van der Waals surface area contributed by atoms with E-state index < -0.39 is 22.0 Å². The van der Waals surface area contributed by atoms with Gasteiger partial charge in [0.15, 0.2) is 11.5 Å². The number of sulfonamides is 1. The zero-order chi connectivity index (χ0) is 20.5. The maximum Gasteiger partial charge on any atom is 0.243 e. The Kier molecular flexibility index (Phi) is 5.92. The first kappa shape index (κ1) is 20.6. The van der Waals surface area contributed by atoms with Crippen molar-refractivity contribution < 1.29 is 22.7 Å². The molecular weight excluding hydrogens is 427 g/mol. The second kappa shape index (κ2) is 8.06. The Morgan fingerprint density at radius 2 is 1.79 bits per heavy atom. The van der Waals surface area contributed by atoms with Crippen molar-refractivity contribution in [2.45, 2.75) is 19.5 Å². The number of carbonyl (C=O) groups excluding carboxylic acids is 1. The summed E-state index contributed by atoms with van der Waals surface area (Å²) in [6, 6.07) is 8.66. The van der Waals surface area contributed by atoms with Crippen LogP contribution in [0.25, 0.3) is 0 Å². The Labute approximate surface area is 173 Å². The number of hydrogen-bond acceptors (Lipinski definition) is 5. The molecule has 1 N–H and O–H groups in total. The fourth-order valence-electron chi connectivity index (χ4n) is 2.86. The Bertz CT molecular complexity index is 993. The molecule has 2 aromatic rings. The van der Waals surface area contributed by atoms with E-state index in [0.717, 1.165) is 16.1 Å². The lowest BCUT2D eigenvalue weighted by atomic mass is 10.2. The van der Waals surface area contributed by atoms with Crippen LogP contribution >= 0.6 is 23.2 Å². The molecule has 1 aliphatic heterocycles. The van der Waals surface area contributed by atoms with Gasteiger partial charge in [-0.1, -0.05) is 29.3 Å². The Morgan fingerprint density at radius 1 is 1.14 bits per heavy atom. The summed E-state index contributed by atoms with van der Waals surface area (Å²) in [7, 11) is -3.77. The van der Waals surface area contributed by atoms with E-state index in [9.17, 15) is 13.2 Å². The van der Waals surface area contributed by atoms with Crippen LogP contribution in [-0.2, 0) is 21.4 Å². The number of rotatable bonds is 6. The molecule has 0 aromatic heterocycles. The van der Waals surface area contributed by atoms with E-state index >= 15 is 0 Å². The van der Waals surface area contributed by atoms with Crippen LogP contribution in [-0.4, -0.2) is 33.4 Å². The number of fused-ring (bicyclic) bond motifs is 1. The second-order valence-corrected chi connectivity index (χ2v) is 9.00. The van der Waals surface area contributed by atoms with Gasteiger partial charge in [-0.25, -0.2) is 8.42 Å². The van der Waals surface area contributed by atoms with Crippen molar-refractivity contribution in [2.75, 3.05) is 17.4 Å². The van der Waals surface area contributed by atoms with Gasteiger partial charge in [0.25, 0.3) is 0 Å². The minimum atomic E-state index is -3.77. The largest absolute Gasteiger partial charge is 0.454 e. The van der Waals surface area contributed by atoms with E-state index in [0.29, 0.717) is 11.5 Å². The number of carbonyl (C=O) groups is 1. The molecule has 10 heteroatoms. The first-order valence-corrected chi connectivity index (χ1v) is 10.9. The Hall–Kier alpha value is -2.16. The molecule has 0 fully saturated rings. The average molecular weight is 445 g/mol. The zero-order valence-electron chi connectivity index (χ0n) is 15.1. The van der Waals surface area contributed by atoms with Gasteiger partial charge in [-0.15, -0.1) is 0 Å². The van der Waals surface area contributed by atoms with Gasteiger partial charge in [-0.05, 0) is 42.8 Å². The minimum absolute atomic E-state index is 0.160. The van der Waals surface area contributed by atoms with Crippen molar-refractivity contribution in [2.24, 2.45) is 0 Å². The van der Waals surface area contributed by atoms with E-state index in [1.165, 1.54) is 25.1 Å². The summed E-state index contributed by atoms with van der Waals surface area (Å²) in [4.78, 5) is 12.6. The van der Waals surface area contributed by atoms with Gasteiger partial charge in [0.2, 0.25) is 22.7 Å². The topological polar surface area (TPSA) is 84.9 Å². The summed E-state index contributed by atoms with van der Waals surface area (Å²) in [6.45, 7) is 1.85. The van der Waals surface area contributed by atoms with Crippen LogP contribution in [0.2, 0.25) is 10.0 Å². The van der Waals surface area contributed by atoms with Crippen LogP contribution in [0.15, 0.2) is 36.4 Å². The standard InChI is InChI=1S/C18H18Cl2N2O5S/c1-11(22(28(2,24)25)15-7-13(19)6-14(20)8-15)18(23)21-9-12-3-4-16-17(5-12)27-10-26-16/h3-8,11H,9-10H2,1-2H3,(H,21,23). The van der Waals surface area contributed by atoms with Gasteiger partial charge < -0.3 is 14.8 Å². The molecule has 1 heterocycles. The maximum absolute atomic E-state index is 12.6. The first-order chi connectivity index (χ1) is 13.1. The van der Waals surface area contributed by atoms with Crippen molar-refractivity contribution in [3.63, 3.8) is 0 Å². The molecule has 2 aromatic carbocycles. The lowest BCUT2D eigenvalue weighted by molar-refractivity contribution is -0.122. The Balaban J connectivity index is 1.77. The van der Waals surface area contributed by atoms with E-state index in [4.69, 9.17) is 32.7 Å². The molecule has 0 aliphatic carbocycles. The van der Waals surface area contributed by atoms with Crippen LogP contribution in [0.5, 0.6) is 11.5 Å². The van der Waals surface area contributed by atoms with Gasteiger partial charge in [0.1, 0.15) is 6.04 Å². The molecule has 1 aliphatic rings. The number of amides is 1. The van der Waals surface area contributed by atoms with Crippen LogP contribution in [0.4, 0.5) is 5.69 Å². The highest BCUT2D eigenvalue weighted by molar-refractivity contribution is 7.92. The van der Waals surface area contributed by atoms with E-state index in [1.54, 1.807) is 18.2 Å². The summed E-state index contributed by atoms with van der Waals surface area (Å²) in [5.41, 5.74) is 1.01. The third-order valence-electron chi connectivity index (χ3n) is 4.09. The number of hydrogen-bond donors (Lipinski definition) is 1. The number of halogens is 2. The van der Waals surface area contributed by atoms with E-state index in [2.05, 4.69) is 5.32 Å². The molecule has 1 amide bonds. The highest BCUT2D eigenvalue weighted by atomic mass is 35.5. The van der Waals surface area contributed by atoms with Crippen molar-refractivity contribution >= 4 is 44.8 Å². The molecule has 0 spiro atoms. The van der Waals surface area contributed by atoms with Gasteiger partial charge in [-0.3, -0.25) is 9.10 Å². The molecule has 0 saturated carbocycles. The third-order valence-corrected chi connectivity index (χ3v) is 5.77. The lowest BCUT2D eigenvalue weighted by Gasteiger charge is -2.28. The first-order valence-electron chi connectivity index (χ1n) is 8.27. The third kappa shape index (κ3) is 4.63. The second-order valence-electron chi connectivity index (χ2n) is 6.27.